The van der Waals surface area contributed by atoms with Crippen molar-refractivity contribution in [2.45, 2.75) is 25.0 Å². The lowest BCUT2D eigenvalue weighted by molar-refractivity contribution is -0.143. The molecule has 2 atom stereocenters. The number of rotatable bonds is 6. The summed E-state index contributed by atoms with van der Waals surface area (Å²) in [6.07, 6.45) is -1.12. The molecule has 0 fully saturated rings. The average molecular weight is 344 g/mol. The van der Waals surface area contributed by atoms with Crippen LogP contribution in [0.5, 0.6) is 0 Å². The first-order valence-corrected chi connectivity index (χ1v) is 7.23. The Labute approximate surface area is 140 Å². The molecule has 1 N–H and O–H groups in total. The quantitative estimate of drug-likeness (QED) is 0.634. The average Bonchev–Trinajstić information content (AvgIpc) is 2.47. The minimum Gasteiger partial charge on any atom is -0.469 e. The molecule has 0 aliphatic rings. The predicted molar refractivity (Wildman–Crippen MR) is 85.5 cm³/mol. The van der Waals surface area contributed by atoms with Crippen molar-refractivity contribution in [2.75, 3.05) is 14.2 Å². The van der Waals surface area contributed by atoms with Gasteiger partial charge in [0.1, 0.15) is 0 Å². The standard InChI is InChI=1S/C14H16BCl2NO4/c1-18(14(15)21)11(12(19)7-13(20)22-2)6-8-3-4-9(16)10(17)5-8/h3-5,11-12,19H,6-7H2,1-2H3/t11-,12?/m1/s1. The van der Waals surface area contributed by atoms with Gasteiger partial charge < -0.3 is 14.7 Å². The molecule has 0 saturated heterocycles. The number of halogens is 2. The van der Waals surface area contributed by atoms with Crippen LogP contribution in [-0.2, 0) is 16.0 Å². The van der Waals surface area contributed by atoms with Crippen LogP contribution in [0.2, 0.25) is 10.0 Å². The maximum atomic E-state index is 11.4. The van der Waals surface area contributed by atoms with Gasteiger partial charge in [0.25, 0.3) is 0 Å². The molecule has 0 aliphatic heterocycles. The third-order valence-corrected chi connectivity index (χ3v) is 4.06. The second-order valence-corrected chi connectivity index (χ2v) is 5.63. The molecule has 0 heterocycles. The third-order valence-electron chi connectivity index (χ3n) is 3.32. The van der Waals surface area contributed by atoms with Gasteiger partial charge in [-0.1, -0.05) is 29.3 Å². The molecule has 22 heavy (non-hydrogen) atoms. The largest absolute Gasteiger partial charge is 0.469 e. The van der Waals surface area contributed by atoms with Crippen LogP contribution in [0.1, 0.15) is 12.0 Å². The van der Waals surface area contributed by atoms with E-state index in [0.717, 1.165) is 5.56 Å². The summed E-state index contributed by atoms with van der Waals surface area (Å²) in [4.78, 5) is 23.9. The second kappa shape index (κ2) is 8.41. The van der Waals surface area contributed by atoms with Crippen LogP contribution in [0.25, 0.3) is 0 Å². The number of hydrogen-bond acceptors (Lipinski definition) is 4. The highest BCUT2D eigenvalue weighted by atomic mass is 35.5. The number of aliphatic hydroxyl groups excluding tert-OH is 1. The van der Waals surface area contributed by atoms with Gasteiger partial charge in [-0.3, -0.25) is 9.59 Å². The minimum absolute atomic E-state index is 0.250. The second-order valence-electron chi connectivity index (χ2n) is 4.82. The summed E-state index contributed by atoms with van der Waals surface area (Å²) in [5.41, 5.74) is 0.747. The van der Waals surface area contributed by atoms with Crippen molar-refractivity contribution >= 4 is 42.8 Å². The fourth-order valence-electron chi connectivity index (χ4n) is 1.99. The van der Waals surface area contributed by atoms with Crippen molar-refractivity contribution in [3.05, 3.63) is 33.8 Å². The van der Waals surface area contributed by atoms with Crippen molar-refractivity contribution in [3.63, 3.8) is 0 Å². The van der Waals surface area contributed by atoms with Crippen molar-refractivity contribution in [1.29, 1.82) is 0 Å². The van der Waals surface area contributed by atoms with E-state index in [-0.39, 0.29) is 12.8 Å². The molecule has 0 aromatic heterocycles. The summed E-state index contributed by atoms with van der Waals surface area (Å²) in [5, 5.41) is 11.0. The molecular formula is C14H16BCl2NO4. The van der Waals surface area contributed by atoms with E-state index in [9.17, 15) is 14.7 Å². The number of esters is 1. The molecule has 1 aromatic carbocycles. The Balaban J connectivity index is 2.96. The molecule has 8 heteroatoms. The molecule has 0 bridgehead atoms. The molecule has 0 aliphatic carbocycles. The van der Waals surface area contributed by atoms with Crippen molar-refractivity contribution < 1.29 is 19.4 Å². The lowest BCUT2D eigenvalue weighted by Gasteiger charge is -2.31. The third kappa shape index (κ3) is 5.19. The Morgan fingerprint density at radius 3 is 2.50 bits per heavy atom. The van der Waals surface area contributed by atoms with Crippen LogP contribution in [0.15, 0.2) is 18.2 Å². The summed E-state index contributed by atoms with van der Waals surface area (Å²) in [6.45, 7) is 0. The zero-order valence-corrected chi connectivity index (χ0v) is 13.8. The van der Waals surface area contributed by atoms with E-state index < -0.39 is 23.9 Å². The van der Waals surface area contributed by atoms with Gasteiger partial charge in [0.05, 0.1) is 35.7 Å². The van der Waals surface area contributed by atoms with Gasteiger partial charge in [-0.05, 0) is 24.1 Å². The minimum atomic E-state index is -1.13. The van der Waals surface area contributed by atoms with Crippen molar-refractivity contribution in [1.82, 2.24) is 4.90 Å². The Kier molecular flexibility index (Phi) is 7.19. The van der Waals surface area contributed by atoms with E-state index in [2.05, 4.69) is 4.74 Å². The first-order chi connectivity index (χ1) is 10.3. The molecule has 0 spiro atoms. The molecule has 1 rings (SSSR count). The molecule has 1 aromatic rings. The predicted octanol–water partition coefficient (Wildman–Crippen LogP) is 2.05. The first-order valence-electron chi connectivity index (χ1n) is 6.47. The number of amides is 1. The highest BCUT2D eigenvalue weighted by molar-refractivity contribution is 6.56. The van der Waals surface area contributed by atoms with Crippen molar-refractivity contribution in [3.8, 4) is 0 Å². The number of ether oxygens (including phenoxy) is 1. The number of hydrogen-bond donors (Lipinski definition) is 1. The van der Waals surface area contributed by atoms with Crippen LogP contribution < -0.4 is 0 Å². The van der Waals surface area contributed by atoms with Crippen LogP contribution >= 0.6 is 23.2 Å². The van der Waals surface area contributed by atoms with E-state index >= 15 is 0 Å². The Bertz CT molecular complexity index is 556. The first kappa shape index (κ1) is 18.8. The normalized spacial score (nSPS) is 13.3. The van der Waals surface area contributed by atoms with Gasteiger partial charge in [-0.25, -0.2) is 0 Å². The number of likely N-dealkylation sites (N-methyl/N-ethyl adjacent to an activating group) is 1. The molecule has 2 radical (unpaired) electrons. The summed E-state index contributed by atoms with van der Waals surface area (Å²) >= 11 is 11.8. The smallest absolute Gasteiger partial charge is 0.308 e. The van der Waals surface area contributed by atoms with Gasteiger partial charge in [0.2, 0.25) is 7.85 Å². The van der Waals surface area contributed by atoms with E-state index in [0.29, 0.717) is 10.0 Å². The van der Waals surface area contributed by atoms with Gasteiger partial charge in [0.15, 0.2) is 5.81 Å². The van der Waals surface area contributed by atoms with Crippen molar-refractivity contribution in [2.24, 2.45) is 0 Å². The highest BCUT2D eigenvalue weighted by Crippen LogP contribution is 2.24. The summed E-state index contributed by atoms with van der Waals surface area (Å²) in [5.74, 6) is -1.29. The fourth-order valence-corrected chi connectivity index (χ4v) is 2.31. The highest BCUT2D eigenvalue weighted by Gasteiger charge is 2.27. The molecule has 0 saturated carbocycles. The zero-order valence-electron chi connectivity index (χ0n) is 12.3. The number of benzene rings is 1. The van der Waals surface area contributed by atoms with Crippen LogP contribution in [0.4, 0.5) is 4.79 Å². The van der Waals surface area contributed by atoms with E-state index in [4.69, 9.17) is 31.0 Å². The van der Waals surface area contributed by atoms with Crippen LogP contribution in [0.3, 0.4) is 0 Å². The maximum absolute atomic E-state index is 11.4. The Hall–Kier alpha value is -1.24. The number of carbonyl (C=O) groups is 2. The lowest BCUT2D eigenvalue weighted by atomic mass is 9.95. The fraction of sp³-hybridized carbons (Fsp3) is 0.429. The zero-order chi connectivity index (χ0) is 16.9. The molecule has 118 valence electrons. The van der Waals surface area contributed by atoms with Crippen LogP contribution in [0, 0.1) is 0 Å². The monoisotopic (exact) mass is 343 g/mol. The van der Waals surface area contributed by atoms with E-state index in [1.165, 1.54) is 19.1 Å². The molecule has 5 nitrogen and oxygen atoms in total. The van der Waals surface area contributed by atoms with Gasteiger partial charge in [-0.15, -0.1) is 0 Å². The van der Waals surface area contributed by atoms with Gasteiger partial charge in [0, 0.05) is 7.05 Å². The Morgan fingerprint density at radius 1 is 1.36 bits per heavy atom. The number of methoxy groups -OCH3 is 1. The molecule has 1 amide bonds. The summed E-state index contributed by atoms with van der Waals surface area (Å²) in [7, 11) is 7.93. The van der Waals surface area contributed by atoms with E-state index in [1.54, 1.807) is 18.2 Å². The maximum Gasteiger partial charge on any atom is 0.308 e. The summed E-state index contributed by atoms with van der Waals surface area (Å²) in [6, 6.07) is 4.28. The summed E-state index contributed by atoms with van der Waals surface area (Å²) < 4.78 is 4.52. The molecular weight excluding hydrogens is 328 g/mol. The SMILES string of the molecule is [B]C(=O)N(C)[C@H](Cc1ccc(Cl)c(Cl)c1)C(O)CC(=O)OC. The van der Waals surface area contributed by atoms with Gasteiger partial charge in [-0.2, -0.15) is 0 Å². The number of carbonyl (C=O) groups excluding carboxylic acids is 2. The van der Waals surface area contributed by atoms with Crippen LogP contribution in [-0.4, -0.2) is 55.9 Å². The topological polar surface area (TPSA) is 66.8 Å². The Morgan fingerprint density at radius 2 is 2.00 bits per heavy atom. The van der Waals surface area contributed by atoms with E-state index in [1.807, 2.05) is 0 Å². The number of aliphatic hydroxyl groups is 1. The lowest BCUT2D eigenvalue weighted by Crippen LogP contribution is -2.46. The number of nitrogens with zero attached hydrogens (tertiary/aromatic N) is 1. The van der Waals surface area contributed by atoms with Gasteiger partial charge >= 0.3 is 5.97 Å². The molecule has 1 unspecified atom stereocenters.